The van der Waals surface area contributed by atoms with Gasteiger partial charge < -0.3 is 5.73 Å². The second-order valence-corrected chi connectivity index (χ2v) is 5.21. The van der Waals surface area contributed by atoms with Gasteiger partial charge in [0.05, 0.1) is 12.2 Å². The molecule has 2 aromatic rings. The summed E-state index contributed by atoms with van der Waals surface area (Å²) in [5, 5.41) is 4.59. The first-order valence-corrected chi connectivity index (χ1v) is 7.25. The third-order valence-corrected chi connectivity index (χ3v) is 3.62. The maximum absolute atomic E-state index is 13.3. The van der Waals surface area contributed by atoms with E-state index in [-0.39, 0.29) is 6.04 Å². The van der Waals surface area contributed by atoms with E-state index in [0.29, 0.717) is 12.1 Å². The molecule has 1 unspecified atom stereocenters. The molecule has 2 N–H and O–H groups in total. The second-order valence-electron chi connectivity index (χ2n) is 5.21. The minimum absolute atomic E-state index is 0.0893. The molecule has 0 saturated heterocycles. The predicted octanol–water partition coefficient (Wildman–Crippen LogP) is 3.35. The van der Waals surface area contributed by atoms with E-state index in [2.05, 4.69) is 5.10 Å². The largest absolute Gasteiger partial charge is 0.324 e. The van der Waals surface area contributed by atoms with Crippen LogP contribution in [0.25, 0.3) is 0 Å². The van der Waals surface area contributed by atoms with Gasteiger partial charge in [-0.1, -0.05) is 19.9 Å². The molecule has 0 amide bonds. The van der Waals surface area contributed by atoms with Crippen LogP contribution in [0.15, 0.2) is 18.2 Å². The first-order valence-electron chi connectivity index (χ1n) is 7.25. The van der Waals surface area contributed by atoms with E-state index in [4.69, 9.17) is 5.73 Å². The van der Waals surface area contributed by atoms with Crippen molar-refractivity contribution in [3.05, 3.63) is 52.3 Å². The van der Waals surface area contributed by atoms with Crippen molar-refractivity contribution in [1.29, 1.82) is 0 Å². The maximum Gasteiger partial charge on any atom is 0.159 e. The quantitative estimate of drug-likeness (QED) is 0.918. The van der Waals surface area contributed by atoms with E-state index in [1.165, 1.54) is 6.07 Å². The number of rotatable bonds is 5. The van der Waals surface area contributed by atoms with Crippen molar-refractivity contribution < 1.29 is 8.78 Å². The van der Waals surface area contributed by atoms with E-state index in [9.17, 15) is 8.78 Å². The number of hydrogen-bond donors (Lipinski definition) is 1. The molecule has 0 saturated carbocycles. The third kappa shape index (κ3) is 3.13. The fourth-order valence-corrected chi connectivity index (χ4v) is 2.67. The van der Waals surface area contributed by atoms with Crippen molar-refractivity contribution in [3.63, 3.8) is 0 Å². The Morgan fingerprint density at radius 2 is 1.90 bits per heavy atom. The summed E-state index contributed by atoms with van der Waals surface area (Å²) in [4.78, 5) is 0. The van der Waals surface area contributed by atoms with Crippen molar-refractivity contribution in [2.24, 2.45) is 5.73 Å². The SMILES string of the molecule is CCc1nn(Cc2ccc(F)c(F)c2)c(CC)c1C(C)N. The number of benzene rings is 1. The van der Waals surface area contributed by atoms with Crippen LogP contribution in [-0.2, 0) is 19.4 Å². The van der Waals surface area contributed by atoms with Crippen LogP contribution in [-0.4, -0.2) is 9.78 Å². The van der Waals surface area contributed by atoms with Gasteiger partial charge in [-0.3, -0.25) is 4.68 Å². The molecule has 114 valence electrons. The van der Waals surface area contributed by atoms with Crippen molar-refractivity contribution in [2.45, 2.75) is 46.2 Å². The van der Waals surface area contributed by atoms with Crippen LogP contribution < -0.4 is 5.73 Å². The normalized spacial score (nSPS) is 12.7. The molecule has 1 heterocycles. The van der Waals surface area contributed by atoms with Gasteiger partial charge in [0.2, 0.25) is 0 Å². The Bertz CT molecular complexity index is 633. The molecule has 0 spiro atoms. The monoisotopic (exact) mass is 293 g/mol. The Morgan fingerprint density at radius 1 is 1.19 bits per heavy atom. The van der Waals surface area contributed by atoms with Crippen LogP contribution >= 0.6 is 0 Å². The van der Waals surface area contributed by atoms with Crippen LogP contribution in [0.4, 0.5) is 8.78 Å². The summed E-state index contributed by atoms with van der Waals surface area (Å²) in [5.41, 5.74) is 9.85. The van der Waals surface area contributed by atoms with Gasteiger partial charge in [0.15, 0.2) is 11.6 Å². The van der Waals surface area contributed by atoms with Crippen molar-refractivity contribution in [1.82, 2.24) is 9.78 Å². The lowest BCUT2D eigenvalue weighted by Gasteiger charge is -2.10. The Hall–Kier alpha value is -1.75. The molecule has 21 heavy (non-hydrogen) atoms. The van der Waals surface area contributed by atoms with Crippen LogP contribution in [0, 0.1) is 11.6 Å². The minimum atomic E-state index is -0.833. The minimum Gasteiger partial charge on any atom is -0.324 e. The number of nitrogens with zero attached hydrogens (tertiary/aromatic N) is 2. The molecule has 0 fully saturated rings. The summed E-state index contributed by atoms with van der Waals surface area (Å²) in [7, 11) is 0. The lowest BCUT2D eigenvalue weighted by molar-refractivity contribution is 0.505. The highest BCUT2D eigenvalue weighted by Crippen LogP contribution is 2.23. The molecular formula is C16H21F2N3. The molecule has 0 radical (unpaired) electrons. The Balaban J connectivity index is 2.41. The average molecular weight is 293 g/mol. The Labute approximate surface area is 123 Å². The van der Waals surface area contributed by atoms with Gasteiger partial charge in [-0.05, 0) is 37.5 Å². The highest BCUT2D eigenvalue weighted by atomic mass is 19.2. The van der Waals surface area contributed by atoms with E-state index in [1.54, 1.807) is 6.07 Å². The van der Waals surface area contributed by atoms with E-state index in [0.717, 1.165) is 35.9 Å². The van der Waals surface area contributed by atoms with Gasteiger partial charge >= 0.3 is 0 Å². The van der Waals surface area contributed by atoms with Crippen LogP contribution in [0.5, 0.6) is 0 Å². The number of hydrogen-bond acceptors (Lipinski definition) is 2. The predicted molar refractivity (Wildman–Crippen MR) is 79.0 cm³/mol. The highest BCUT2D eigenvalue weighted by molar-refractivity contribution is 5.30. The summed E-state index contributed by atoms with van der Waals surface area (Å²) in [5.74, 6) is -1.67. The zero-order valence-corrected chi connectivity index (χ0v) is 12.7. The molecule has 0 aliphatic rings. The molecule has 3 nitrogen and oxygen atoms in total. The molecule has 5 heteroatoms. The molecule has 0 bridgehead atoms. The van der Waals surface area contributed by atoms with Gasteiger partial charge in [-0.25, -0.2) is 8.78 Å². The lowest BCUT2D eigenvalue weighted by Crippen LogP contribution is -2.11. The zero-order chi connectivity index (χ0) is 15.6. The lowest BCUT2D eigenvalue weighted by atomic mass is 10.0. The van der Waals surface area contributed by atoms with Gasteiger partial charge in [-0.2, -0.15) is 5.10 Å². The van der Waals surface area contributed by atoms with E-state index in [1.807, 2.05) is 25.5 Å². The fourth-order valence-electron chi connectivity index (χ4n) is 2.67. The topological polar surface area (TPSA) is 43.8 Å². The summed E-state index contributed by atoms with van der Waals surface area (Å²) in [6, 6.07) is 3.85. The summed E-state index contributed by atoms with van der Waals surface area (Å²) >= 11 is 0. The number of aromatic nitrogens is 2. The molecule has 0 aliphatic heterocycles. The van der Waals surface area contributed by atoms with E-state index < -0.39 is 11.6 Å². The zero-order valence-electron chi connectivity index (χ0n) is 12.7. The van der Waals surface area contributed by atoms with Crippen LogP contribution in [0.3, 0.4) is 0 Å². The van der Waals surface area contributed by atoms with Gasteiger partial charge in [0.25, 0.3) is 0 Å². The van der Waals surface area contributed by atoms with Crippen molar-refractivity contribution in [2.75, 3.05) is 0 Å². The fraction of sp³-hybridized carbons (Fsp3) is 0.438. The van der Waals surface area contributed by atoms with Gasteiger partial charge in [0, 0.05) is 17.3 Å². The molecular weight excluding hydrogens is 272 g/mol. The molecule has 1 aromatic carbocycles. The second kappa shape index (κ2) is 6.35. The standard InChI is InChI=1S/C16H21F2N3/c1-4-14-16(10(3)19)15(5-2)21(20-14)9-11-6-7-12(17)13(18)8-11/h6-8,10H,4-5,9,19H2,1-3H3. The third-order valence-electron chi connectivity index (χ3n) is 3.62. The van der Waals surface area contributed by atoms with E-state index >= 15 is 0 Å². The molecule has 0 aliphatic carbocycles. The smallest absolute Gasteiger partial charge is 0.159 e. The van der Waals surface area contributed by atoms with Crippen molar-refractivity contribution in [3.8, 4) is 0 Å². The Kier molecular flexibility index (Phi) is 4.73. The Morgan fingerprint density at radius 3 is 2.43 bits per heavy atom. The molecule has 1 aromatic heterocycles. The van der Waals surface area contributed by atoms with Gasteiger partial charge in [0.1, 0.15) is 0 Å². The average Bonchev–Trinajstić information content (AvgIpc) is 2.80. The summed E-state index contributed by atoms with van der Waals surface area (Å²) < 4.78 is 28.2. The number of aryl methyl sites for hydroxylation is 1. The first kappa shape index (κ1) is 15.6. The highest BCUT2D eigenvalue weighted by Gasteiger charge is 2.18. The molecule has 1 atom stereocenters. The van der Waals surface area contributed by atoms with Gasteiger partial charge in [-0.15, -0.1) is 0 Å². The number of nitrogens with two attached hydrogens (primary N) is 1. The maximum atomic E-state index is 13.3. The summed E-state index contributed by atoms with van der Waals surface area (Å²) in [6.45, 7) is 6.44. The first-order chi connectivity index (χ1) is 9.97. The van der Waals surface area contributed by atoms with Crippen LogP contribution in [0.2, 0.25) is 0 Å². The van der Waals surface area contributed by atoms with Crippen molar-refractivity contribution >= 4 is 0 Å². The van der Waals surface area contributed by atoms with Crippen LogP contribution in [0.1, 0.15) is 49.3 Å². The summed E-state index contributed by atoms with van der Waals surface area (Å²) in [6.07, 6.45) is 1.60. The number of halogens is 2. The molecule has 2 rings (SSSR count).